The van der Waals surface area contributed by atoms with Gasteiger partial charge in [0.15, 0.2) is 0 Å². The van der Waals surface area contributed by atoms with Gasteiger partial charge in [-0.1, -0.05) is 36.4 Å². The molecule has 0 radical (unpaired) electrons. The minimum Gasteiger partial charge on any atom is -0.332 e. The van der Waals surface area contributed by atoms with Crippen LogP contribution in [-0.2, 0) is 11.0 Å². The van der Waals surface area contributed by atoms with Crippen LogP contribution in [0.4, 0.5) is 18.9 Å². The third kappa shape index (κ3) is 5.44. The molecule has 1 heterocycles. The summed E-state index contributed by atoms with van der Waals surface area (Å²) >= 11 is 0.818. The van der Waals surface area contributed by atoms with Crippen LogP contribution in [0.15, 0.2) is 77.8 Å². The number of halogens is 3. The van der Waals surface area contributed by atoms with Gasteiger partial charge in [-0.25, -0.2) is 0 Å². The third-order valence-corrected chi connectivity index (χ3v) is 5.75. The molecule has 0 N–H and O–H groups in total. The SMILES string of the molecule is CN(C(=O)CSc1ccc(C(F)(F)F)cc1[N+](=O)[O-])C(c1ccccc1)c1ccccn1. The first-order valence-electron chi connectivity index (χ1n) is 9.38. The van der Waals surface area contributed by atoms with Gasteiger partial charge in [-0.15, -0.1) is 11.8 Å². The number of nitro groups is 1. The van der Waals surface area contributed by atoms with E-state index in [2.05, 4.69) is 4.98 Å². The summed E-state index contributed by atoms with van der Waals surface area (Å²) in [4.78, 5) is 29.1. The minimum atomic E-state index is -4.70. The van der Waals surface area contributed by atoms with Crippen LogP contribution >= 0.6 is 11.8 Å². The molecule has 0 aliphatic heterocycles. The number of hydrogen-bond donors (Lipinski definition) is 0. The van der Waals surface area contributed by atoms with Gasteiger partial charge in [-0.3, -0.25) is 19.9 Å². The summed E-state index contributed by atoms with van der Waals surface area (Å²) in [6.07, 6.45) is -3.08. The average Bonchev–Trinajstić information content (AvgIpc) is 2.78. The highest BCUT2D eigenvalue weighted by Crippen LogP contribution is 2.37. The molecule has 166 valence electrons. The highest BCUT2D eigenvalue weighted by Gasteiger charge is 2.33. The molecule has 1 amide bonds. The number of pyridine rings is 1. The molecular formula is C22H18F3N3O3S. The van der Waals surface area contributed by atoms with Gasteiger partial charge in [0.1, 0.15) is 0 Å². The number of aromatic nitrogens is 1. The van der Waals surface area contributed by atoms with E-state index < -0.39 is 28.4 Å². The molecule has 2 aromatic carbocycles. The molecule has 3 aromatic rings. The molecule has 0 fully saturated rings. The van der Waals surface area contributed by atoms with E-state index >= 15 is 0 Å². The van der Waals surface area contributed by atoms with E-state index in [1.54, 1.807) is 31.4 Å². The highest BCUT2D eigenvalue weighted by molar-refractivity contribution is 8.00. The zero-order valence-electron chi connectivity index (χ0n) is 16.8. The zero-order chi connectivity index (χ0) is 23.3. The minimum absolute atomic E-state index is 0.0150. The van der Waals surface area contributed by atoms with Crippen molar-refractivity contribution in [1.82, 2.24) is 9.88 Å². The van der Waals surface area contributed by atoms with Gasteiger partial charge in [0.2, 0.25) is 5.91 Å². The molecular weight excluding hydrogens is 443 g/mol. The predicted octanol–water partition coefficient (Wildman–Crippen LogP) is 5.35. The van der Waals surface area contributed by atoms with Crippen molar-refractivity contribution in [3.63, 3.8) is 0 Å². The van der Waals surface area contributed by atoms with Crippen molar-refractivity contribution in [2.24, 2.45) is 0 Å². The number of rotatable bonds is 7. The second-order valence-corrected chi connectivity index (χ2v) is 7.82. The van der Waals surface area contributed by atoms with Gasteiger partial charge in [0.05, 0.1) is 32.9 Å². The Balaban J connectivity index is 1.82. The van der Waals surface area contributed by atoms with Crippen LogP contribution in [0, 0.1) is 10.1 Å². The second-order valence-electron chi connectivity index (χ2n) is 6.80. The normalized spacial score (nSPS) is 12.2. The Kier molecular flexibility index (Phi) is 7.14. The standard InChI is InChI=1S/C22H18F3N3O3S/c1-27(21(15-7-3-2-4-8-15)17-9-5-6-12-26-17)20(29)14-32-19-11-10-16(22(23,24)25)13-18(19)28(30)31/h2-13,21H,14H2,1H3. The van der Waals surface area contributed by atoms with Crippen molar-refractivity contribution < 1.29 is 22.9 Å². The predicted molar refractivity (Wildman–Crippen MR) is 114 cm³/mol. The van der Waals surface area contributed by atoms with Gasteiger partial charge in [-0.2, -0.15) is 13.2 Å². The Labute approximate surface area is 186 Å². The quantitative estimate of drug-likeness (QED) is 0.269. The molecule has 1 unspecified atom stereocenters. The number of benzene rings is 2. The van der Waals surface area contributed by atoms with Crippen molar-refractivity contribution in [3.8, 4) is 0 Å². The first kappa shape index (κ1) is 23.3. The maximum Gasteiger partial charge on any atom is 0.416 e. The number of carbonyl (C=O) groups is 1. The van der Waals surface area contributed by atoms with Crippen molar-refractivity contribution in [2.75, 3.05) is 12.8 Å². The topological polar surface area (TPSA) is 76.3 Å². The van der Waals surface area contributed by atoms with Gasteiger partial charge >= 0.3 is 6.18 Å². The van der Waals surface area contributed by atoms with Crippen molar-refractivity contribution in [3.05, 3.63) is 99.9 Å². The molecule has 0 bridgehead atoms. The summed E-state index contributed by atoms with van der Waals surface area (Å²) in [5, 5.41) is 11.3. The van der Waals surface area contributed by atoms with E-state index in [-0.39, 0.29) is 16.6 Å². The van der Waals surface area contributed by atoms with Crippen LogP contribution in [0.25, 0.3) is 0 Å². The van der Waals surface area contributed by atoms with Crippen LogP contribution in [0.5, 0.6) is 0 Å². The maximum atomic E-state index is 12.9. The van der Waals surface area contributed by atoms with E-state index in [4.69, 9.17) is 0 Å². The number of hydrogen-bond acceptors (Lipinski definition) is 5. The Bertz CT molecular complexity index is 1060. The number of nitro benzene ring substituents is 1. The van der Waals surface area contributed by atoms with Gasteiger partial charge in [0.25, 0.3) is 5.69 Å². The molecule has 3 rings (SSSR count). The Morgan fingerprint density at radius 3 is 2.41 bits per heavy atom. The van der Waals surface area contributed by atoms with Crippen molar-refractivity contribution in [1.29, 1.82) is 0 Å². The second kappa shape index (κ2) is 9.82. The van der Waals surface area contributed by atoms with E-state index in [0.29, 0.717) is 11.8 Å². The van der Waals surface area contributed by atoms with Crippen LogP contribution in [0.3, 0.4) is 0 Å². The Morgan fingerprint density at radius 1 is 1.12 bits per heavy atom. The van der Waals surface area contributed by atoms with E-state index in [9.17, 15) is 28.1 Å². The number of amides is 1. The number of alkyl halides is 3. The lowest BCUT2D eigenvalue weighted by molar-refractivity contribution is -0.388. The molecule has 6 nitrogen and oxygen atoms in total. The summed E-state index contributed by atoms with van der Waals surface area (Å²) in [6, 6.07) is 16.4. The average molecular weight is 461 g/mol. The van der Waals surface area contributed by atoms with E-state index in [1.807, 2.05) is 30.3 Å². The number of thioether (sulfide) groups is 1. The zero-order valence-corrected chi connectivity index (χ0v) is 17.6. The van der Waals surface area contributed by atoms with Gasteiger partial charge < -0.3 is 4.90 Å². The van der Waals surface area contributed by atoms with Gasteiger partial charge in [0, 0.05) is 19.3 Å². The Hall–Kier alpha value is -3.40. The molecule has 1 aromatic heterocycles. The van der Waals surface area contributed by atoms with Crippen LogP contribution in [-0.4, -0.2) is 33.5 Å². The smallest absolute Gasteiger partial charge is 0.332 e. The molecule has 0 saturated heterocycles. The summed E-state index contributed by atoms with van der Waals surface area (Å²) in [6.45, 7) is 0. The Morgan fingerprint density at radius 2 is 1.81 bits per heavy atom. The molecule has 0 saturated carbocycles. The fourth-order valence-corrected chi connectivity index (χ4v) is 4.04. The molecule has 0 aliphatic rings. The lowest BCUT2D eigenvalue weighted by Gasteiger charge is -2.28. The first-order valence-corrected chi connectivity index (χ1v) is 10.4. The maximum absolute atomic E-state index is 12.9. The molecule has 0 aliphatic carbocycles. The lowest BCUT2D eigenvalue weighted by atomic mass is 10.0. The van der Waals surface area contributed by atoms with Crippen LogP contribution in [0.2, 0.25) is 0 Å². The fourth-order valence-electron chi connectivity index (χ4n) is 3.11. The fraction of sp³-hybridized carbons (Fsp3) is 0.182. The van der Waals surface area contributed by atoms with Crippen molar-refractivity contribution in [2.45, 2.75) is 17.1 Å². The van der Waals surface area contributed by atoms with Crippen LogP contribution in [0.1, 0.15) is 22.9 Å². The lowest BCUT2D eigenvalue weighted by Crippen LogP contribution is -2.33. The number of nitrogens with zero attached hydrogens (tertiary/aromatic N) is 3. The number of carbonyl (C=O) groups excluding carboxylic acids is 1. The third-order valence-electron chi connectivity index (χ3n) is 4.70. The van der Waals surface area contributed by atoms with Crippen LogP contribution < -0.4 is 0 Å². The van der Waals surface area contributed by atoms with E-state index in [0.717, 1.165) is 29.5 Å². The summed E-state index contributed by atoms with van der Waals surface area (Å²) in [7, 11) is 1.59. The monoisotopic (exact) mass is 461 g/mol. The van der Waals surface area contributed by atoms with Gasteiger partial charge in [-0.05, 0) is 29.8 Å². The molecule has 0 spiro atoms. The highest BCUT2D eigenvalue weighted by atomic mass is 32.2. The largest absolute Gasteiger partial charge is 0.416 e. The van der Waals surface area contributed by atoms with Crippen molar-refractivity contribution >= 4 is 23.4 Å². The molecule has 32 heavy (non-hydrogen) atoms. The first-order chi connectivity index (χ1) is 15.2. The molecule has 1 atom stereocenters. The summed E-state index contributed by atoms with van der Waals surface area (Å²) in [5.41, 5.74) is -0.339. The summed E-state index contributed by atoms with van der Waals surface area (Å²) in [5.74, 6) is -0.553. The summed E-state index contributed by atoms with van der Waals surface area (Å²) < 4.78 is 38.7. The molecule has 10 heteroatoms. The van der Waals surface area contributed by atoms with E-state index in [1.165, 1.54) is 4.90 Å².